The average molecular weight is 389 g/mol. The molecule has 3 rings (SSSR count). The molecule has 0 N–H and O–H groups in total. The molecule has 5 nitrogen and oxygen atoms in total. The minimum atomic E-state index is -0.00818. The SMILES string of the molecule is C=C/C=C/N1CCN(c2cc(=O)c3cnc(C)cc3n2C(/C=C\C)=C/C=C)CC1. The lowest BCUT2D eigenvalue weighted by molar-refractivity contribution is 0.347. The Balaban J connectivity index is 2.16. The Bertz CT molecular complexity index is 1050. The summed E-state index contributed by atoms with van der Waals surface area (Å²) in [6.45, 7) is 15.0. The van der Waals surface area contributed by atoms with E-state index in [0.717, 1.165) is 48.9 Å². The van der Waals surface area contributed by atoms with Crippen LogP contribution in [0, 0.1) is 6.92 Å². The van der Waals surface area contributed by atoms with Gasteiger partial charge in [0.1, 0.15) is 5.82 Å². The van der Waals surface area contributed by atoms with Gasteiger partial charge in [-0.2, -0.15) is 0 Å². The van der Waals surface area contributed by atoms with E-state index in [1.165, 1.54) is 0 Å². The van der Waals surface area contributed by atoms with Gasteiger partial charge >= 0.3 is 0 Å². The Labute approximate surface area is 172 Å². The Hall–Kier alpha value is -3.34. The maximum Gasteiger partial charge on any atom is 0.193 e. The second-order valence-corrected chi connectivity index (χ2v) is 6.97. The quantitative estimate of drug-likeness (QED) is 0.698. The Kier molecular flexibility index (Phi) is 6.50. The zero-order valence-corrected chi connectivity index (χ0v) is 17.2. The second-order valence-electron chi connectivity index (χ2n) is 6.97. The smallest absolute Gasteiger partial charge is 0.193 e. The molecule has 0 aromatic carbocycles. The fourth-order valence-electron chi connectivity index (χ4n) is 3.59. The molecule has 0 aliphatic carbocycles. The predicted octanol–water partition coefficient (Wildman–Crippen LogP) is 4.13. The molecule has 0 atom stereocenters. The highest BCUT2D eigenvalue weighted by atomic mass is 16.1. The van der Waals surface area contributed by atoms with Crippen LogP contribution in [0.5, 0.6) is 0 Å². The first-order chi connectivity index (χ1) is 14.1. The first-order valence-corrected chi connectivity index (χ1v) is 9.85. The van der Waals surface area contributed by atoms with Crippen LogP contribution in [0.3, 0.4) is 0 Å². The van der Waals surface area contributed by atoms with E-state index in [-0.39, 0.29) is 5.43 Å². The van der Waals surface area contributed by atoms with Gasteiger partial charge in [-0.3, -0.25) is 14.3 Å². The van der Waals surface area contributed by atoms with Gasteiger partial charge in [-0.25, -0.2) is 0 Å². The van der Waals surface area contributed by atoms with Gasteiger partial charge < -0.3 is 9.80 Å². The molecule has 0 saturated carbocycles. The number of allylic oxidation sites excluding steroid dienone is 7. The average Bonchev–Trinajstić information content (AvgIpc) is 2.72. The molecular formula is C24H28N4O. The first kappa shape index (κ1) is 20.4. The van der Waals surface area contributed by atoms with Gasteiger partial charge in [0.2, 0.25) is 0 Å². The first-order valence-electron chi connectivity index (χ1n) is 9.85. The molecule has 0 bridgehead atoms. The molecule has 1 aliphatic rings. The van der Waals surface area contributed by atoms with Crippen molar-refractivity contribution >= 4 is 22.4 Å². The highest BCUT2D eigenvalue weighted by Gasteiger charge is 2.21. The molecule has 0 radical (unpaired) electrons. The van der Waals surface area contributed by atoms with Crippen LogP contribution in [0.1, 0.15) is 12.6 Å². The summed E-state index contributed by atoms with van der Waals surface area (Å²) >= 11 is 0. The van der Waals surface area contributed by atoms with Gasteiger partial charge in [-0.05, 0) is 44.3 Å². The molecule has 1 aliphatic heterocycles. The molecular weight excluding hydrogens is 360 g/mol. The van der Waals surface area contributed by atoms with Crippen LogP contribution in [0.4, 0.5) is 5.82 Å². The molecule has 0 spiro atoms. The summed E-state index contributed by atoms with van der Waals surface area (Å²) in [4.78, 5) is 21.8. The molecule has 2 aromatic rings. The summed E-state index contributed by atoms with van der Waals surface area (Å²) in [6, 6.07) is 3.71. The van der Waals surface area contributed by atoms with Crippen LogP contribution >= 0.6 is 0 Å². The number of anilines is 1. The minimum Gasteiger partial charge on any atom is -0.374 e. The van der Waals surface area contributed by atoms with Crippen molar-refractivity contribution < 1.29 is 0 Å². The number of aromatic nitrogens is 2. The van der Waals surface area contributed by atoms with Gasteiger partial charge in [-0.1, -0.05) is 31.4 Å². The van der Waals surface area contributed by atoms with Crippen LogP contribution in [-0.2, 0) is 0 Å². The molecule has 0 unspecified atom stereocenters. The Morgan fingerprint density at radius 1 is 1.14 bits per heavy atom. The number of pyridine rings is 2. The zero-order chi connectivity index (χ0) is 20.8. The van der Waals surface area contributed by atoms with E-state index in [9.17, 15) is 4.79 Å². The fourth-order valence-corrected chi connectivity index (χ4v) is 3.59. The highest BCUT2D eigenvalue weighted by molar-refractivity contribution is 5.86. The topological polar surface area (TPSA) is 41.4 Å². The van der Waals surface area contributed by atoms with Gasteiger partial charge in [0.15, 0.2) is 5.43 Å². The highest BCUT2D eigenvalue weighted by Crippen LogP contribution is 2.26. The van der Waals surface area contributed by atoms with Crippen molar-refractivity contribution in [1.82, 2.24) is 14.5 Å². The van der Waals surface area contributed by atoms with Crippen molar-refractivity contribution in [3.05, 3.63) is 90.1 Å². The van der Waals surface area contributed by atoms with Gasteiger partial charge in [0.05, 0.1) is 10.9 Å². The zero-order valence-electron chi connectivity index (χ0n) is 17.2. The molecule has 3 heterocycles. The molecule has 1 fully saturated rings. The van der Waals surface area contributed by atoms with Crippen molar-refractivity contribution in [3.63, 3.8) is 0 Å². The summed E-state index contributed by atoms with van der Waals surface area (Å²) in [7, 11) is 0. The maximum absolute atomic E-state index is 12.9. The second kappa shape index (κ2) is 9.24. The largest absolute Gasteiger partial charge is 0.374 e. The number of aryl methyl sites for hydroxylation is 1. The maximum atomic E-state index is 12.9. The number of piperazine rings is 1. The van der Waals surface area contributed by atoms with Gasteiger partial charge in [0, 0.05) is 49.8 Å². The van der Waals surface area contributed by atoms with Crippen molar-refractivity contribution in [2.45, 2.75) is 13.8 Å². The third kappa shape index (κ3) is 4.40. The minimum absolute atomic E-state index is 0.00818. The lowest BCUT2D eigenvalue weighted by Gasteiger charge is -2.37. The number of fused-ring (bicyclic) bond motifs is 1. The summed E-state index contributed by atoms with van der Waals surface area (Å²) in [5.74, 6) is 0.895. The van der Waals surface area contributed by atoms with Crippen LogP contribution in [0.15, 0.2) is 78.9 Å². The summed E-state index contributed by atoms with van der Waals surface area (Å²) in [5.41, 5.74) is 2.69. The molecule has 5 heteroatoms. The number of nitrogens with zero attached hydrogens (tertiary/aromatic N) is 4. The third-order valence-corrected chi connectivity index (χ3v) is 4.97. The standard InChI is InChI=1S/C24H28N4O/c1-5-8-11-26-12-14-27(15-13-26)24-17-23(29)21-18-25-19(4)16-22(21)28(24)20(9-6-2)10-7-3/h5-11,16-18H,1-2,12-15H2,3-4H3/b10-7-,11-8+,20-9+. The van der Waals surface area contributed by atoms with Crippen LogP contribution in [0.2, 0.25) is 0 Å². The van der Waals surface area contributed by atoms with Crippen molar-refractivity contribution in [2.75, 3.05) is 31.1 Å². The Morgan fingerprint density at radius 2 is 1.90 bits per heavy atom. The molecule has 2 aromatic heterocycles. The van der Waals surface area contributed by atoms with E-state index in [1.54, 1.807) is 24.4 Å². The number of hydrogen-bond acceptors (Lipinski definition) is 4. The number of rotatable bonds is 6. The van der Waals surface area contributed by atoms with Gasteiger partial charge in [0.25, 0.3) is 0 Å². The number of hydrogen-bond donors (Lipinski definition) is 0. The van der Waals surface area contributed by atoms with Crippen molar-refractivity contribution in [2.24, 2.45) is 0 Å². The normalized spacial score (nSPS) is 15.6. The fraction of sp³-hybridized carbons (Fsp3) is 0.250. The van der Waals surface area contributed by atoms with Crippen LogP contribution < -0.4 is 10.3 Å². The van der Waals surface area contributed by atoms with E-state index < -0.39 is 0 Å². The monoisotopic (exact) mass is 388 g/mol. The molecule has 1 saturated heterocycles. The van der Waals surface area contributed by atoms with Crippen LogP contribution in [0.25, 0.3) is 16.6 Å². The molecule has 29 heavy (non-hydrogen) atoms. The lowest BCUT2D eigenvalue weighted by atomic mass is 10.2. The van der Waals surface area contributed by atoms with E-state index in [2.05, 4.69) is 38.7 Å². The Morgan fingerprint density at radius 3 is 2.55 bits per heavy atom. The third-order valence-electron chi connectivity index (χ3n) is 4.97. The summed E-state index contributed by atoms with van der Waals surface area (Å²) < 4.78 is 2.14. The molecule has 150 valence electrons. The van der Waals surface area contributed by atoms with Crippen molar-refractivity contribution in [1.29, 1.82) is 0 Å². The van der Waals surface area contributed by atoms with Crippen LogP contribution in [-0.4, -0.2) is 40.6 Å². The van der Waals surface area contributed by atoms with Gasteiger partial charge in [-0.15, -0.1) is 0 Å². The van der Waals surface area contributed by atoms with E-state index in [1.807, 2.05) is 44.2 Å². The van der Waals surface area contributed by atoms with Crippen molar-refractivity contribution in [3.8, 4) is 0 Å². The van der Waals surface area contributed by atoms with E-state index >= 15 is 0 Å². The van der Waals surface area contributed by atoms with E-state index in [0.29, 0.717) is 5.39 Å². The summed E-state index contributed by atoms with van der Waals surface area (Å²) in [6.07, 6.45) is 15.2. The molecule has 0 amide bonds. The predicted molar refractivity (Wildman–Crippen MR) is 123 cm³/mol. The lowest BCUT2D eigenvalue weighted by Crippen LogP contribution is -2.45. The van der Waals surface area contributed by atoms with E-state index in [4.69, 9.17) is 0 Å². The summed E-state index contributed by atoms with van der Waals surface area (Å²) in [5, 5.41) is 0.617.